The second-order valence-electron chi connectivity index (χ2n) is 5.01. The summed E-state index contributed by atoms with van der Waals surface area (Å²) in [6.07, 6.45) is 0. The molecule has 0 N–H and O–H groups in total. The smallest absolute Gasteiger partial charge is 0.234 e. The highest BCUT2D eigenvalue weighted by Crippen LogP contribution is 2.39. The first-order chi connectivity index (χ1) is 10.5. The van der Waals surface area contributed by atoms with Gasteiger partial charge >= 0.3 is 0 Å². The number of carbonyl (C=O) groups is 1. The fraction of sp³-hybridized carbons (Fsp3) is 0.188. The number of benzene rings is 2. The molecule has 0 aliphatic carbocycles. The van der Waals surface area contributed by atoms with Crippen molar-refractivity contribution in [1.29, 1.82) is 0 Å². The van der Waals surface area contributed by atoms with Gasteiger partial charge in [-0.3, -0.25) is 4.79 Å². The molecule has 1 saturated heterocycles. The van der Waals surface area contributed by atoms with Gasteiger partial charge in [-0.05, 0) is 35.4 Å². The fourth-order valence-electron chi connectivity index (χ4n) is 2.43. The Morgan fingerprint density at radius 1 is 1.14 bits per heavy atom. The lowest BCUT2D eigenvalue weighted by atomic mass is 10.1. The molecular formula is C16H12ClF2NOS. The molecule has 1 atom stereocenters. The second-order valence-corrected chi connectivity index (χ2v) is 6.52. The van der Waals surface area contributed by atoms with Crippen LogP contribution >= 0.6 is 23.4 Å². The minimum Gasteiger partial charge on any atom is -0.322 e. The van der Waals surface area contributed by atoms with E-state index in [0.717, 1.165) is 11.6 Å². The number of hydrogen-bond acceptors (Lipinski definition) is 2. The quantitative estimate of drug-likeness (QED) is 0.826. The van der Waals surface area contributed by atoms with Gasteiger partial charge in [-0.25, -0.2) is 8.78 Å². The van der Waals surface area contributed by atoms with Crippen LogP contribution in [0.1, 0.15) is 16.5 Å². The molecule has 1 unspecified atom stereocenters. The molecule has 2 aromatic carbocycles. The average Bonchev–Trinajstić information content (AvgIpc) is 2.80. The van der Waals surface area contributed by atoms with Gasteiger partial charge in [0.1, 0.15) is 17.0 Å². The minimum atomic E-state index is -0.641. The Balaban J connectivity index is 1.86. The lowest BCUT2D eigenvalue weighted by Gasteiger charge is -2.24. The first kappa shape index (κ1) is 15.3. The number of hydrogen-bond donors (Lipinski definition) is 0. The largest absolute Gasteiger partial charge is 0.322 e. The number of carbonyl (C=O) groups excluding carboxylic acids is 1. The molecule has 22 heavy (non-hydrogen) atoms. The maximum Gasteiger partial charge on any atom is 0.234 e. The first-order valence-electron chi connectivity index (χ1n) is 6.64. The Morgan fingerprint density at radius 3 is 2.41 bits per heavy atom. The summed E-state index contributed by atoms with van der Waals surface area (Å²) < 4.78 is 26.6. The third-order valence-corrected chi connectivity index (χ3v) is 4.91. The Bertz CT molecular complexity index is 688. The van der Waals surface area contributed by atoms with Gasteiger partial charge < -0.3 is 4.90 Å². The van der Waals surface area contributed by atoms with E-state index in [1.165, 1.54) is 23.9 Å². The zero-order chi connectivity index (χ0) is 15.7. The summed E-state index contributed by atoms with van der Waals surface area (Å²) in [4.78, 5) is 13.7. The number of thioether (sulfide) groups is 1. The predicted molar refractivity (Wildman–Crippen MR) is 83.6 cm³/mol. The molecule has 2 nitrogen and oxygen atoms in total. The zero-order valence-electron chi connectivity index (χ0n) is 11.4. The lowest BCUT2D eigenvalue weighted by molar-refractivity contribution is -0.128. The Hall–Kier alpha value is -1.59. The molecule has 2 aromatic rings. The van der Waals surface area contributed by atoms with E-state index >= 15 is 0 Å². The third-order valence-electron chi connectivity index (χ3n) is 3.40. The molecule has 0 spiro atoms. The average molecular weight is 340 g/mol. The number of rotatable bonds is 3. The van der Waals surface area contributed by atoms with Gasteiger partial charge in [0.25, 0.3) is 0 Å². The van der Waals surface area contributed by atoms with E-state index in [0.29, 0.717) is 16.3 Å². The molecule has 1 heterocycles. The summed E-state index contributed by atoms with van der Waals surface area (Å²) in [5.41, 5.74) is 1.38. The third kappa shape index (κ3) is 3.25. The maximum atomic E-state index is 13.3. The minimum absolute atomic E-state index is 0.0466. The van der Waals surface area contributed by atoms with Crippen LogP contribution in [0.4, 0.5) is 8.78 Å². The Morgan fingerprint density at radius 2 is 1.77 bits per heavy atom. The van der Waals surface area contributed by atoms with E-state index in [2.05, 4.69) is 0 Å². The molecule has 3 rings (SSSR count). The van der Waals surface area contributed by atoms with Crippen LogP contribution in [-0.4, -0.2) is 16.6 Å². The van der Waals surface area contributed by atoms with Crippen molar-refractivity contribution >= 4 is 29.3 Å². The zero-order valence-corrected chi connectivity index (χ0v) is 13.0. The maximum absolute atomic E-state index is 13.3. The van der Waals surface area contributed by atoms with E-state index in [9.17, 15) is 13.6 Å². The van der Waals surface area contributed by atoms with Crippen molar-refractivity contribution in [3.63, 3.8) is 0 Å². The van der Waals surface area contributed by atoms with Gasteiger partial charge in [-0.1, -0.05) is 23.7 Å². The Labute approximate surface area is 136 Å². The van der Waals surface area contributed by atoms with Gasteiger partial charge in [0, 0.05) is 17.6 Å². The van der Waals surface area contributed by atoms with Crippen molar-refractivity contribution in [2.75, 3.05) is 5.75 Å². The highest BCUT2D eigenvalue weighted by molar-refractivity contribution is 8.00. The molecule has 0 aromatic heterocycles. The van der Waals surface area contributed by atoms with Gasteiger partial charge in [0.05, 0.1) is 5.75 Å². The molecule has 6 heteroatoms. The number of amides is 1. The molecule has 1 amide bonds. The molecule has 1 fully saturated rings. The van der Waals surface area contributed by atoms with Gasteiger partial charge in [0.2, 0.25) is 5.91 Å². The van der Waals surface area contributed by atoms with Gasteiger partial charge in [0.15, 0.2) is 0 Å². The van der Waals surface area contributed by atoms with E-state index in [-0.39, 0.29) is 17.8 Å². The number of halogens is 3. The summed E-state index contributed by atoms with van der Waals surface area (Å²) in [5.74, 6) is -0.977. The van der Waals surface area contributed by atoms with Crippen molar-refractivity contribution in [2.24, 2.45) is 0 Å². The fourth-order valence-corrected chi connectivity index (χ4v) is 3.74. The van der Waals surface area contributed by atoms with Crippen LogP contribution in [0.25, 0.3) is 0 Å². The summed E-state index contributed by atoms with van der Waals surface area (Å²) in [7, 11) is 0. The van der Waals surface area contributed by atoms with Crippen LogP contribution in [0.3, 0.4) is 0 Å². The lowest BCUT2D eigenvalue weighted by Crippen LogP contribution is -2.27. The molecule has 0 bridgehead atoms. The first-order valence-corrected chi connectivity index (χ1v) is 8.07. The molecular weight excluding hydrogens is 328 g/mol. The van der Waals surface area contributed by atoms with Crippen LogP contribution in [0.5, 0.6) is 0 Å². The van der Waals surface area contributed by atoms with Crippen LogP contribution in [0, 0.1) is 11.6 Å². The summed E-state index contributed by atoms with van der Waals surface area (Å²) in [6, 6.07) is 10.6. The molecule has 0 saturated carbocycles. The topological polar surface area (TPSA) is 20.3 Å². The molecule has 0 radical (unpaired) electrons. The Kier molecular flexibility index (Phi) is 4.36. The van der Waals surface area contributed by atoms with Crippen molar-refractivity contribution in [1.82, 2.24) is 4.90 Å². The van der Waals surface area contributed by atoms with E-state index < -0.39 is 11.6 Å². The van der Waals surface area contributed by atoms with Crippen LogP contribution in [0.2, 0.25) is 5.02 Å². The second kappa shape index (κ2) is 6.26. The normalized spacial score (nSPS) is 18.0. The van der Waals surface area contributed by atoms with Gasteiger partial charge in [-0.2, -0.15) is 0 Å². The van der Waals surface area contributed by atoms with Crippen molar-refractivity contribution < 1.29 is 13.6 Å². The highest BCUT2D eigenvalue weighted by atomic mass is 35.5. The SMILES string of the molecule is O=C1CSC(c2ccc(Cl)cc2)N1Cc1cc(F)cc(F)c1. The van der Waals surface area contributed by atoms with Crippen molar-refractivity contribution in [3.8, 4) is 0 Å². The van der Waals surface area contributed by atoms with Crippen LogP contribution < -0.4 is 0 Å². The predicted octanol–water partition coefficient (Wildman–Crippen LogP) is 4.39. The summed E-state index contributed by atoms with van der Waals surface area (Å²) >= 11 is 7.37. The van der Waals surface area contributed by atoms with E-state index in [1.807, 2.05) is 12.1 Å². The molecule has 1 aliphatic heterocycles. The summed E-state index contributed by atoms with van der Waals surface area (Å²) in [5, 5.41) is 0.452. The molecule has 1 aliphatic rings. The summed E-state index contributed by atoms with van der Waals surface area (Å²) in [6.45, 7) is 0.174. The van der Waals surface area contributed by atoms with Gasteiger partial charge in [-0.15, -0.1) is 11.8 Å². The molecule has 114 valence electrons. The van der Waals surface area contributed by atoms with E-state index in [4.69, 9.17) is 11.6 Å². The standard InChI is InChI=1S/C16H12ClF2NOS/c17-12-3-1-11(2-4-12)16-20(15(21)9-22-16)8-10-5-13(18)7-14(19)6-10/h1-7,16H,8-9H2. The monoisotopic (exact) mass is 339 g/mol. The van der Waals surface area contributed by atoms with Crippen LogP contribution in [-0.2, 0) is 11.3 Å². The van der Waals surface area contributed by atoms with Crippen LogP contribution in [0.15, 0.2) is 42.5 Å². The highest BCUT2D eigenvalue weighted by Gasteiger charge is 2.32. The van der Waals surface area contributed by atoms with Crippen molar-refractivity contribution in [2.45, 2.75) is 11.9 Å². The van der Waals surface area contributed by atoms with Crippen molar-refractivity contribution in [3.05, 3.63) is 70.2 Å². The van der Waals surface area contributed by atoms with E-state index in [1.54, 1.807) is 17.0 Å². The number of nitrogens with zero attached hydrogens (tertiary/aromatic N) is 1.